The standard InChI is InChI=1S/C9H11FN2O6/c10-18-9(3-5(14)6(4-13)17-9)12-2-1-7(15)11-8(12)16/h1-2,5-6,13-14H,3-4H2,(H,11,15,16)/t5-,6+,9-/m0/s1. The Balaban J connectivity index is 2.46. The Bertz CT molecular complexity index is 542. The van der Waals surface area contributed by atoms with Crippen molar-refractivity contribution in [2.45, 2.75) is 24.5 Å². The highest BCUT2D eigenvalue weighted by Gasteiger charge is 2.50. The van der Waals surface area contributed by atoms with E-state index in [9.17, 15) is 19.2 Å². The monoisotopic (exact) mass is 262 g/mol. The first kappa shape index (κ1) is 12.9. The van der Waals surface area contributed by atoms with E-state index in [2.05, 4.69) is 4.94 Å². The zero-order valence-corrected chi connectivity index (χ0v) is 9.08. The van der Waals surface area contributed by atoms with Crippen LogP contribution in [0.25, 0.3) is 0 Å². The number of aliphatic hydroxyl groups is 2. The molecular weight excluding hydrogens is 251 g/mol. The topological polar surface area (TPSA) is 114 Å². The van der Waals surface area contributed by atoms with Gasteiger partial charge in [0.05, 0.1) is 19.1 Å². The highest BCUT2D eigenvalue weighted by Crippen LogP contribution is 2.35. The molecule has 0 spiro atoms. The summed E-state index contributed by atoms with van der Waals surface area (Å²) >= 11 is 0. The van der Waals surface area contributed by atoms with Crippen LogP contribution in [-0.2, 0) is 15.6 Å². The molecule has 0 radical (unpaired) electrons. The molecule has 0 aromatic carbocycles. The molecule has 8 nitrogen and oxygen atoms in total. The maximum absolute atomic E-state index is 12.7. The summed E-state index contributed by atoms with van der Waals surface area (Å²) in [5.41, 5.74) is -1.62. The minimum atomic E-state index is -2.19. The van der Waals surface area contributed by atoms with Crippen molar-refractivity contribution in [3.8, 4) is 0 Å². The van der Waals surface area contributed by atoms with Gasteiger partial charge in [-0.2, -0.15) is 0 Å². The molecule has 1 aromatic rings. The van der Waals surface area contributed by atoms with Gasteiger partial charge in [-0.3, -0.25) is 9.78 Å². The molecule has 0 aliphatic carbocycles. The van der Waals surface area contributed by atoms with E-state index in [1.54, 1.807) is 0 Å². The average Bonchev–Trinajstić information content (AvgIpc) is 2.67. The number of hydrogen-bond donors (Lipinski definition) is 3. The third-order valence-corrected chi connectivity index (χ3v) is 2.72. The normalized spacial score (nSPS) is 31.7. The second-order valence-electron chi connectivity index (χ2n) is 3.88. The molecule has 1 fully saturated rings. The van der Waals surface area contributed by atoms with Gasteiger partial charge in [-0.1, -0.05) is 0 Å². The van der Waals surface area contributed by atoms with Crippen molar-refractivity contribution < 1.29 is 24.4 Å². The van der Waals surface area contributed by atoms with Crippen LogP contribution in [0.4, 0.5) is 4.53 Å². The third-order valence-electron chi connectivity index (χ3n) is 2.72. The van der Waals surface area contributed by atoms with E-state index in [0.717, 1.165) is 12.3 Å². The second-order valence-corrected chi connectivity index (χ2v) is 3.88. The maximum Gasteiger partial charge on any atom is 0.332 e. The summed E-state index contributed by atoms with van der Waals surface area (Å²) in [6.45, 7) is -0.565. The first-order valence-electron chi connectivity index (χ1n) is 5.11. The van der Waals surface area contributed by atoms with E-state index in [1.807, 2.05) is 4.98 Å². The Hall–Kier alpha value is -1.55. The number of ether oxygens (including phenoxy) is 1. The summed E-state index contributed by atoms with van der Waals surface area (Å²) in [4.78, 5) is 28.0. The largest absolute Gasteiger partial charge is 0.394 e. The van der Waals surface area contributed by atoms with Crippen molar-refractivity contribution in [2.75, 3.05) is 6.61 Å². The summed E-state index contributed by atoms with van der Waals surface area (Å²) in [7, 11) is 0. The van der Waals surface area contributed by atoms with Crippen LogP contribution in [-0.4, -0.2) is 38.6 Å². The average molecular weight is 262 g/mol. The van der Waals surface area contributed by atoms with Crippen molar-refractivity contribution in [2.24, 2.45) is 0 Å². The van der Waals surface area contributed by atoms with Gasteiger partial charge in [-0.05, 0) is 4.53 Å². The molecule has 1 aromatic heterocycles. The van der Waals surface area contributed by atoms with Crippen LogP contribution in [0, 0.1) is 0 Å². The molecule has 1 aliphatic rings. The maximum atomic E-state index is 12.7. The third kappa shape index (κ3) is 1.97. The fourth-order valence-electron chi connectivity index (χ4n) is 1.85. The van der Waals surface area contributed by atoms with Gasteiger partial charge in [0.15, 0.2) is 0 Å². The first-order valence-corrected chi connectivity index (χ1v) is 5.11. The molecule has 1 saturated heterocycles. The van der Waals surface area contributed by atoms with Crippen LogP contribution < -0.4 is 11.2 Å². The van der Waals surface area contributed by atoms with Crippen molar-refractivity contribution >= 4 is 0 Å². The van der Waals surface area contributed by atoms with E-state index in [4.69, 9.17) is 9.84 Å². The molecular formula is C9H11FN2O6. The van der Waals surface area contributed by atoms with Gasteiger partial charge < -0.3 is 14.9 Å². The SMILES string of the molecule is O=c1ccn([C@@]2(OF)C[C@H](O)[C@@H](CO)O2)c(=O)[nH]1. The number of aliphatic hydroxyl groups excluding tert-OH is 2. The number of aromatic amines is 1. The van der Waals surface area contributed by atoms with Crippen LogP contribution >= 0.6 is 0 Å². The number of halogens is 1. The van der Waals surface area contributed by atoms with Crippen molar-refractivity contribution in [1.82, 2.24) is 9.55 Å². The number of nitrogens with one attached hydrogen (secondary N) is 1. The van der Waals surface area contributed by atoms with E-state index >= 15 is 0 Å². The highest BCUT2D eigenvalue weighted by molar-refractivity contribution is 4.91. The Morgan fingerprint density at radius 1 is 1.67 bits per heavy atom. The van der Waals surface area contributed by atoms with Gasteiger partial charge in [0.25, 0.3) is 11.5 Å². The molecule has 18 heavy (non-hydrogen) atoms. The number of H-pyrrole nitrogens is 1. The number of rotatable bonds is 3. The predicted octanol–water partition coefficient (Wildman–Crippen LogP) is -1.81. The molecule has 0 saturated carbocycles. The molecule has 100 valence electrons. The number of hydrogen-bond acceptors (Lipinski definition) is 6. The predicted molar refractivity (Wildman–Crippen MR) is 54.1 cm³/mol. The molecule has 3 N–H and O–H groups in total. The summed E-state index contributed by atoms with van der Waals surface area (Å²) in [5, 5.41) is 18.5. The van der Waals surface area contributed by atoms with E-state index in [-0.39, 0.29) is 0 Å². The Morgan fingerprint density at radius 2 is 2.39 bits per heavy atom. The molecule has 0 bridgehead atoms. The lowest BCUT2D eigenvalue weighted by atomic mass is 10.2. The summed E-state index contributed by atoms with van der Waals surface area (Å²) in [6.07, 6.45) is -1.71. The lowest BCUT2D eigenvalue weighted by Crippen LogP contribution is -2.44. The lowest BCUT2D eigenvalue weighted by Gasteiger charge is -2.25. The zero-order chi connectivity index (χ0) is 13.3. The smallest absolute Gasteiger partial charge is 0.332 e. The molecule has 1 aliphatic heterocycles. The Labute approximate surface area is 99.1 Å². The molecule has 0 amide bonds. The minimum absolute atomic E-state index is 0.402. The van der Waals surface area contributed by atoms with E-state index < -0.39 is 42.4 Å². The second kappa shape index (κ2) is 4.61. The fourth-order valence-corrected chi connectivity index (χ4v) is 1.85. The Kier molecular flexibility index (Phi) is 3.30. The minimum Gasteiger partial charge on any atom is -0.394 e. The summed E-state index contributed by atoms with van der Waals surface area (Å²) in [6, 6.07) is 0.976. The van der Waals surface area contributed by atoms with Crippen LogP contribution in [0.5, 0.6) is 0 Å². The zero-order valence-electron chi connectivity index (χ0n) is 9.08. The molecule has 0 unspecified atom stereocenters. The van der Waals surface area contributed by atoms with Crippen molar-refractivity contribution in [1.29, 1.82) is 0 Å². The molecule has 2 heterocycles. The van der Waals surface area contributed by atoms with Crippen LogP contribution in [0.15, 0.2) is 21.9 Å². The van der Waals surface area contributed by atoms with Gasteiger partial charge in [0.2, 0.25) is 0 Å². The highest BCUT2D eigenvalue weighted by atomic mass is 19.3. The van der Waals surface area contributed by atoms with Gasteiger partial charge in [-0.15, -0.1) is 4.94 Å². The summed E-state index contributed by atoms with van der Waals surface area (Å²) < 4.78 is 18.4. The molecule has 3 atom stereocenters. The Morgan fingerprint density at radius 3 is 2.89 bits per heavy atom. The molecule has 9 heteroatoms. The van der Waals surface area contributed by atoms with Gasteiger partial charge in [0, 0.05) is 12.3 Å². The van der Waals surface area contributed by atoms with E-state index in [1.165, 1.54) is 0 Å². The van der Waals surface area contributed by atoms with Crippen LogP contribution in [0.2, 0.25) is 0 Å². The van der Waals surface area contributed by atoms with Gasteiger partial charge >= 0.3 is 5.69 Å². The first-order chi connectivity index (χ1) is 8.52. The van der Waals surface area contributed by atoms with E-state index in [0.29, 0.717) is 4.57 Å². The lowest BCUT2D eigenvalue weighted by molar-refractivity contribution is -0.385. The number of nitrogens with zero attached hydrogens (tertiary/aromatic N) is 1. The van der Waals surface area contributed by atoms with Crippen molar-refractivity contribution in [3.63, 3.8) is 0 Å². The number of aromatic nitrogens is 2. The van der Waals surface area contributed by atoms with Gasteiger partial charge in [-0.25, -0.2) is 9.36 Å². The van der Waals surface area contributed by atoms with Crippen LogP contribution in [0.3, 0.4) is 0 Å². The molecule has 2 rings (SSSR count). The van der Waals surface area contributed by atoms with Crippen molar-refractivity contribution in [3.05, 3.63) is 33.1 Å². The van der Waals surface area contributed by atoms with Gasteiger partial charge in [0.1, 0.15) is 6.10 Å². The fraction of sp³-hybridized carbons (Fsp3) is 0.556. The van der Waals surface area contributed by atoms with Crippen LogP contribution in [0.1, 0.15) is 6.42 Å². The quantitative estimate of drug-likeness (QED) is 0.591. The summed E-state index contributed by atoms with van der Waals surface area (Å²) in [5.74, 6) is -2.19.